The second kappa shape index (κ2) is 7.83. The van der Waals surface area contributed by atoms with Crippen LogP contribution in [0.3, 0.4) is 0 Å². The minimum atomic E-state index is -1.08. The topological polar surface area (TPSA) is 84.3 Å². The molecule has 5 rings (SSSR count). The smallest absolute Gasteiger partial charge is 0.231 e. The Morgan fingerprint density at radius 1 is 1.44 bits per heavy atom. The molecule has 1 aliphatic carbocycles. The predicted molar refractivity (Wildman–Crippen MR) is 117 cm³/mol. The Labute approximate surface area is 186 Å². The van der Waals surface area contributed by atoms with E-state index in [1.54, 1.807) is 42.2 Å². The molecular weight excluding hydrogens is 440 g/mol. The summed E-state index contributed by atoms with van der Waals surface area (Å²) in [6, 6.07) is 3.51. The summed E-state index contributed by atoms with van der Waals surface area (Å²) in [7, 11) is 1.56. The molecular formula is C22H20ClF2N5O2. The number of anilines is 1. The minimum absolute atomic E-state index is 0.00688. The number of ether oxygens (including phenoxy) is 1. The Kier molecular flexibility index (Phi) is 5.10. The van der Waals surface area contributed by atoms with Gasteiger partial charge in [-0.25, -0.2) is 13.8 Å². The van der Waals surface area contributed by atoms with E-state index >= 15 is 4.39 Å². The summed E-state index contributed by atoms with van der Waals surface area (Å²) in [4.78, 5) is 16.3. The molecule has 0 unspecified atom stereocenters. The van der Waals surface area contributed by atoms with E-state index in [0.29, 0.717) is 45.7 Å². The molecule has 3 heterocycles. The second-order valence-corrected chi connectivity index (χ2v) is 8.47. The highest BCUT2D eigenvalue weighted by Gasteiger charge is 2.43. The highest BCUT2D eigenvalue weighted by molar-refractivity contribution is 6.35. The van der Waals surface area contributed by atoms with Gasteiger partial charge in [0.15, 0.2) is 5.82 Å². The number of pyridine rings is 1. The number of H-pyrrole nitrogens is 1. The van der Waals surface area contributed by atoms with Crippen molar-refractivity contribution in [1.82, 2.24) is 19.6 Å². The number of aromatic nitrogens is 4. The number of aromatic amines is 1. The van der Waals surface area contributed by atoms with Gasteiger partial charge in [-0.1, -0.05) is 18.5 Å². The van der Waals surface area contributed by atoms with Crippen LogP contribution in [0.25, 0.3) is 27.7 Å². The molecule has 7 nitrogen and oxygen atoms in total. The Hall–Kier alpha value is -3.04. The molecule has 0 aliphatic heterocycles. The minimum Gasteiger partial charge on any atom is -0.384 e. The average Bonchev–Trinajstić information content (AvgIpc) is 3.12. The zero-order valence-corrected chi connectivity index (χ0v) is 18.1. The van der Waals surface area contributed by atoms with Gasteiger partial charge in [-0.05, 0) is 18.6 Å². The molecule has 3 aromatic heterocycles. The van der Waals surface area contributed by atoms with Crippen LogP contribution in [0.2, 0.25) is 5.02 Å². The normalized spacial score (nSPS) is 18.9. The SMILES string of the molecule is COC[C@H](C)c1c(F)c(Cl)c(-c2ccc3nc(NC(=O)[C@@H]4C[C@@H]4F)cn3c2)c2cn[nH]c12. The highest BCUT2D eigenvalue weighted by Crippen LogP contribution is 2.41. The first-order valence-electron chi connectivity index (χ1n) is 10.2. The van der Waals surface area contributed by atoms with Crippen LogP contribution in [0.1, 0.15) is 24.8 Å². The summed E-state index contributed by atoms with van der Waals surface area (Å²) in [5.74, 6) is -1.42. The van der Waals surface area contributed by atoms with Gasteiger partial charge in [-0.2, -0.15) is 5.10 Å². The third-order valence-electron chi connectivity index (χ3n) is 5.78. The highest BCUT2D eigenvalue weighted by atomic mass is 35.5. The van der Waals surface area contributed by atoms with Gasteiger partial charge >= 0.3 is 0 Å². The van der Waals surface area contributed by atoms with Crippen molar-refractivity contribution in [3.05, 3.63) is 47.1 Å². The van der Waals surface area contributed by atoms with Crippen LogP contribution in [-0.4, -0.2) is 45.4 Å². The zero-order chi connectivity index (χ0) is 22.6. The third kappa shape index (κ3) is 3.41. The summed E-state index contributed by atoms with van der Waals surface area (Å²) in [5.41, 5.74) is 2.71. The lowest BCUT2D eigenvalue weighted by Crippen LogP contribution is -2.15. The van der Waals surface area contributed by atoms with E-state index in [2.05, 4.69) is 20.5 Å². The summed E-state index contributed by atoms with van der Waals surface area (Å²) in [6.45, 7) is 2.19. The third-order valence-corrected chi connectivity index (χ3v) is 6.13. The van der Waals surface area contributed by atoms with E-state index in [1.165, 1.54) is 0 Å². The number of rotatable bonds is 6. The lowest BCUT2D eigenvalue weighted by Gasteiger charge is -2.17. The van der Waals surface area contributed by atoms with E-state index in [9.17, 15) is 9.18 Å². The number of imidazole rings is 1. The molecule has 4 aromatic rings. The van der Waals surface area contributed by atoms with Gasteiger partial charge in [-0.3, -0.25) is 9.89 Å². The summed E-state index contributed by atoms with van der Waals surface area (Å²) >= 11 is 6.52. The molecule has 2 N–H and O–H groups in total. The number of carbonyl (C=O) groups is 1. The molecule has 1 aromatic carbocycles. The maximum Gasteiger partial charge on any atom is 0.231 e. The van der Waals surface area contributed by atoms with Crippen molar-refractivity contribution >= 4 is 39.9 Å². The maximum absolute atomic E-state index is 15.4. The van der Waals surface area contributed by atoms with Crippen molar-refractivity contribution in [3.8, 4) is 11.1 Å². The number of hydrogen-bond acceptors (Lipinski definition) is 4. The number of nitrogens with zero attached hydrogens (tertiary/aromatic N) is 3. The molecule has 0 saturated heterocycles. The van der Waals surface area contributed by atoms with Crippen molar-refractivity contribution < 1.29 is 18.3 Å². The van der Waals surface area contributed by atoms with Gasteiger partial charge in [0.05, 0.1) is 35.5 Å². The van der Waals surface area contributed by atoms with Crippen molar-refractivity contribution in [2.75, 3.05) is 19.0 Å². The number of halogens is 3. The van der Waals surface area contributed by atoms with E-state index in [1.807, 2.05) is 6.92 Å². The quantitative estimate of drug-likeness (QED) is 0.437. The van der Waals surface area contributed by atoms with Gasteiger partial charge in [0, 0.05) is 41.3 Å². The monoisotopic (exact) mass is 459 g/mol. The van der Waals surface area contributed by atoms with Gasteiger partial charge in [0.25, 0.3) is 0 Å². The maximum atomic E-state index is 15.4. The van der Waals surface area contributed by atoms with Crippen molar-refractivity contribution in [2.24, 2.45) is 5.92 Å². The fraction of sp³-hybridized carbons (Fsp3) is 0.318. The standard InChI is InChI=1S/C22H20ClF2N5O2/c1-10(9-32-2)17-20(25)19(23)18(13-6-26-29-21(13)17)11-3-4-16-27-15(8-30(16)7-11)28-22(31)12-5-14(12)24/h3-4,6-8,10,12,14H,5,9H2,1-2H3,(H,26,29)(H,28,31)/t10-,12+,14-/m0/s1. The lowest BCUT2D eigenvalue weighted by molar-refractivity contribution is -0.117. The molecule has 166 valence electrons. The number of alkyl halides is 1. The summed E-state index contributed by atoms with van der Waals surface area (Å²) < 4.78 is 35.4. The first kappa shape index (κ1) is 20.8. The van der Waals surface area contributed by atoms with Crippen LogP contribution in [0.5, 0.6) is 0 Å². The molecule has 10 heteroatoms. The molecule has 0 spiro atoms. The van der Waals surface area contributed by atoms with Crippen LogP contribution in [0.15, 0.2) is 30.7 Å². The van der Waals surface area contributed by atoms with E-state index in [4.69, 9.17) is 16.3 Å². The van der Waals surface area contributed by atoms with Gasteiger partial charge < -0.3 is 14.5 Å². The van der Waals surface area contributed by atoms with Gasteiger partial charge in [-0.15, -0.1) is 0 Å². The summed E-state index contributed by atoms with van der Waals surface area (Å²) in [6.07, 6.45) is 4.15. The van der Waals surface area contributed by atoms with E-state index in [0.717, 1.165) is 0 Å². The molecule has 1 saturated carbocycles. The van der Waals surface area contributed by atoms with Crippen LogP contribution >= 0.6 is 11.6 Å². The number of hydrogen-bond donors (Lipinski definition) is 2. The van der Waals surface area contributed by atoms with E-state index in [-0.39, 0.29) is 23.3 Å². The molecule has 1 amide bonds. The molecule has 1 fully saturated rings. The second-order valence-electron chi connectivity index (χ2n) is 8.09. The molecule has 1 aliphatic rings. The Bertz CT molecular complexity index is 1350. The predicted octanol–water partition coefficient (Wildman–Crippen LogP) is 4.72. The molecule has 0 bridgehead atoms. The Morgan fingerprint density at radius 3 is 2.94 bits per heavy atom. The van der Waals surface area contributed by atoms with Crippen molar-refractivity contribution in [1.29, 1.82) is 0 Å². The lowest BCUT2D eigenvalue weighted by atomic mass is 9.94. The number of benzene rings is 1. The first-order chi connectivity index (χ1) is 15.4. The fourth-order valence-corrected chi connectivity index (χ4v) is 4.38. The van der Waals surface area contributed by atoms with E-state index < -0.39 is 17.9 Å². The van der Waals surface area contributed by atoms with Crippen molar-refractivity contribution in [3.63, 3.8) is 0 Å². The number of amides is 1. The Balaban J connectivity index is 1.57. The number of nitrogens with one attached hydrogen (secondary N) is 2. The zero-order valence-electron chi connectivity index (χ0n) is 17.3. The molecule has 3 atom stereocenters. The van der Waals surface area contributed by atoms with Crippen LogP contribution in [-0.2, 0) is 9.53 Å². The molecule has 0 radical (unpaired) electrons. The largest absolute Gasteiger partial charge is 0.384 e. The number of fused-ring (bicyclic) bond motifs is 2. The van der Waals surface area contributed by atoms with Crippen LogP contribution in [0.4, 0.5) is 14.6 Å². The number of methoxy groups -OCH3 is 1. The average molecular weight is 460 g/mol. The summed E-state index contributed by atoms with van der Waals surface area (Å²) in [5, 5.41) is 10.3. The number of carbonyl (C=O) groups excluding carboxylic acids is 1. The van der Waals surface area contributed by atoms with Gasteiger partial charge in [0.1, 0.15) is 17.6 Å². The molecule has 32 heavy (non-hydrogen) atoms. The fourth-order valence-electron chi connectivity index (χ4n) is 4.07. The van der Waals surface area contributed by atoms with Crippen LogP contribution < -0.4 is 5.32 Å². The van der Waals surface area contributed by atoms with Crippen LogP contribution in [0, 0.1) is 11.7 Å². The first-order valence-corrected chi connectivity index (χ1v) is 10.5. The van der Waals surface area contributed by atoms with Crippen molar-refractivity contribution in [2.45, 2.75) is 25.4 Å². The van der Waals surface area contributed by atoms with Gasteiger partial charge in [0.2, 0.25) is 5.91 Å². The Morgan fingerprint density at radius 2 is 2.22 bits per heavy atom.